The number of fused-ring (bicyclic) bond motifs is 1. The second kappa shape index (κ2) is 5.91. The number of para-hydroxylation sites is 2. The van der Waals surface area contributed by atoms with Crippen molar-refractivity contribution in [3.63, 3.8) is 0 Å². The SMILES string of the molecule is CN1CCN(C(=O)C2COc3ccccc3O2)C(CN)C1. The molecule has 0 aliphatic carbocycles. The maximum atomic E-state index is 12.7. The number of nitrogens with two attached hydrogens (primary N) is 1. The largest absolute Gasteiger partial charge is 0.485 e. The lowest BCUT2D eigenvalue weighted by Gasteiger charge is -2.41. The first-order valence-corrected chi connectivity index (χ1v) is 7.26. The highest BCUT2D eigenvalue weighted by Crippen LogP contribution is 2.31. The normalized spacial score (nSPS) is 25.7. The van der Waals surface area contributed by atoms with E-state index in [0.29, 0.717) is 24.6 Å². The van der Waals surface area contributed by atoms with Gasteiger partial charge in [-0.2, -0.15) is 0 Å². The third kappa shape index (κ3) is 2.82. The molecule has 6 nitrogen and oxygen atoms in total. The molecule has 0 radical (unpaired) electrons. The van der Waals surface area contributed by atoms with Crippen LogP contribution in [0.3, 0.4) is 0 Å². The number of benzene rings is 1. The van der Waals surface area contributed by atoms with E-state index in [1.165, 1.54) is 0 Å². The zero-order valence-electron chi connectivity index (χ0n) is 12.2. The van der Waals surface area contributed by atoms with Crippen LogP contribution < -0.4 is 15.2 Å². The average molecular weight is 291 g/mol. The van der Waals surface area contributed by atoms with Gasteiger partial charge in [0.1, 0.15) is 6.61 Å². The van der Waals surface area contributed by atoms with Crippen molar-refractivity contribution in [1.82, 2.24) is 9.80 Å². The fraction of sp³-hybridized carbons (Fsp3) is 0.533. The zero-order valence-corrected chi connectivity index (χ0v) is 12.2. The molecule has 2 heterocycles. The van der Waals surface area contributed by atoms with Gasteiger partial charge in [-0.3, -0.25) is 4.79 Å². The second-order valence-corrected chi connectivity index (χ2v) is 5.55. The molecule has 2 unspecified atom stereocenters. The Hall–Kier alpha value is -1.79. The molecule has 114 valence electrons. The number of hydrogen-bond donors (Lipinski definition) is 1. The minimum absolute atomic E-state index is 0.0342. The van der Waals surface area contributed by atoms with Gasteiger partial charge in [-0.05, 0) is 19.2 Å². The standard InChI is InChI=1S/C15H21N3O3/c1-17-6-7-18(11(8-16)9-17)15(19)14-10-20-12-4-2-3-5-13(12)21-14/h2-5,11,14H,6-10,16H2,1H3. The van der Waals surface area contributed by atoms with Gasteiger partial charge in [0.05, 0.1) is 6.04 Å². The van der Waals surface area contributed by atoms with Crippen LogP contribution in [0.4, 0.5) is 0 Å². The molecule has 2 atom stereocenters. The van der Waals surface area contributed by atoms with E-state index in [0.717, 1.165) is 13.1 Å². The summed E-state index contributed by atoms with van der Waals surface area (Å²) < 4.78 is 11.4. The first-order valence-electron chi connectivity index (χ1n) is 7.26. The van der Waals surface area contributed by atoms with E-state index in [-0.39, 0.29) is 18.6 Å². The predicted octanol–water partition coefficient (Wildman–Crippen LogP) is -0.0723. The summed E-state index contributed by atoms with van der Waals surface area (Å²) in [4.78, 5) is 16.7. The third-order valence-corrected chi connectivity index (χ3v) is 4.03. The topological polar surface area (TPSA) is 68.0 Å². The Labute approximate surface area is 124 Å². The first kappa shape index (κ1) is 14.2. The van der Waals surface area contributed by atoms with Crippen LogP contribution in [-0.2, 0) is 4.79 Å². The van der Waals surface area contributed by atoms with Crippen molar-refractivity contribution in [3.05, 3.63) is 24.3 Å². The Morgan fingerprint density at radius 1 is 1.33 bits per heavy atom. The van der Waals surface area contributed by atoms with Crippen molar-refractivity contribution >= 4 is 5.91 Å². The molecular weight excluding hydrogens is 270 g/mol. The summed E-state index contributed by atoms with van der Waals surface area (Å²) in [5, 5.41) is 0. The summed E-state index contributed by atoms with van der Waals surface area (Å²) in [6.45, 7) is 3.04. The molecule has 1 amide bonds. The molecule has 2 aliphatic heterocycles. The number of hydrogen-bond acceptors (Lipinski definition) is 5. The molecule has 0 bridgehead atoms. The van der Waals surface area contributed by atoms with E-state index in [4.69, 9.17) is 15.2 Å². The number of likely N-dealkylation sites (N-methyl/N-ethyl adjacent to an activating group) is 1. The highest BCUT2D eigenvalue weighted by Gasteiger charge is 2.36. The monoisotopic (exact) mass is 291 g/mol. The summed E-state index contributed by atoms with van der Waals surface area (Å²) in [5.74, 6) is 1.28. The lowest BCUT2D eigenvalue weighted by molar-refractivity contribution is -0.145. The van der Waals surface area contributed by atoms with E-state index in [9.17, 15) is 4.79 Å². The van der Waals surface area contributed by atoms with Crippen LogP contribution in [0.1, 0.15) is 0 Å². The molecule has 1 fully saturated rings. The third-order valence-electron chi connectivity index (χ3n) is 4.03. The van der Waals surface area contributed by atoms with Crippen LogP contribution in [0, 0.1) is 0 Å². The number of amides is 1. The van der Waals surface area contributed by atoms with Gasteiger partial charge < -0.3 is 25.0 Å². The van der Waals surface area contributed by atoms with Gasteiger partial charge in [0.25, 0.3) is 5.91 Å². The molecule has 0 saturated carbocycles. The minimum Gasteiger partial charge on any atom is -0.485 e. The van der Waals surface area contributed by atoms with Crippen molar-refractivity contribution in [1.29, 1.82) is 0 Å². The van der Waals surface area contributed by atoms with Crippen LogP contribution in [0.15, 0.2) is 24.3 Å². The maximum Gasteiger partial charge on any atom is 0.267 e. The molecule has 1 saturated heterocycles. The number of carbonyl (C=O) groups excluding carboxylic acids is 1. The molecular formula is C15H21N3O3. The van der Waals surface area contributed by atoms with E-state index in [1.54, 1.807) is 0 Å². The predicted molar refractivity (Wildman–Crippen MR) is 78.4 cm³/mol. The Morgan fingerprint density at radius 2 is 2.10 bits per heavy atom. The zero-order chi connectivity index (χ0) is 14.8. The van der Waals surface area contributed by atoms with Gasteiger partial charge in [-0.1, -0.05) is 12.1 Å². The van der Waals surface area contributed by atoms with Crippen LogP contribution in [0.2, 0.25) is 0 Å². The maximum absolute atomic E-state index is 12.7. The van der Waals surface area contributed by atoms with Crippen molar-refractivity contribution in [2.75, 3.05) is 39.8 Å². The van der Waals surface area contributed by atoms with Gasteiger partial charge in [0, 0.05) is 26.2 Å². The summed E-state index contributed by atoms with van der Waals surface area (Å²) in [6, 6.07) is 7.45. The smallest absolute Gasteiger partial charge is 0.267 e. The molecule has 2 aliphatic rings. The van der Waals surface area contributed by atoms with Crippen molar-refractivity contribution < 1.29 is 14.3 Å². The number of piperazine rings is 1. The Balaban J connectivity index is 1.71. The Kier molecular flexibility index (Phi) is 3.98. The molecule has 2 N–H and O–H groups in total. The summed E-state index contributed by atoms with van der Waals surface area (Å²) in [7, 11) is 2.04. The molecule has 3 rings (SSSR count). The van der Waals surface area contributed by atoms with Crippen molar-refractivity contribution in [3.8, 4) is 11.5 Å². The molecule has 0 spiro atoms. The summed E-state index contributed by atoms with van der Waals surface area (Å²) in [5.41, 5.74) is 5.81. The van der Waals surface area contributed by atoms with Crippen LogP contribution in [0.25, 0.3) is 0 Å². The molecule has 1 aromatic carbocycles. The fourth-order valence-corrected chi connectivity index (χ4v) is 2.83. The fourth-order valence-electron chi connectivity index (χ4n) is 2.83. The number of rotatable bonds is 2. The number of carbonyl (C=O) groups is 1. The van der Waals surface area contributed by atoms with E-state index < -0.39 is 6.10 Å². The molecule has 0 aromatic heterocycles. The molecule has 6 heteroatoms. The van der Waals surface area contributed by atoms with Crippen molar-refractivity contribution in [2.45, 2.75) is 12.1 Å². The first-order chi connectivity index (χ1) is 10.2. The lowest BCUT2D eigenvalue weighted by atomic mass is 10.1. The van der Waals surface area contributed by atoms with Gasteiger partial charge in [0.15, 0.2) is 11.5 Å². The van der Waals surface area contributed by atoms with Gasteiger partial charge in [-0.15, -0.1) is 0 Å². The quantitative estimate of drug-likeness (QED) is 0.826. The summed E-state index contributed by atoms with van der Waals surface area (Å²) in [6.07, 6.45) is -0.586. The number of ether oxygens (including phenoxy) is 2. The van der Waals surface area contributed by atoms with Crippen LogP contribution >= 0.6 is 0 Å². The Bertz CT molecular complexity index is 523. The number of nitrogens with zero attached hydrogens (tertiary/aromatic N) is 2. The van der Waals surface area contributed by atoms with Crippen molar-refractivity contribution in [2.24, 2.45) is 5.73 Å². The lowest BCUT2D eigenvalue weighted by Crippen LogP contribution is -2.60. The van der Waals surface area contributed by atoms with Gasteiger partial charge >= 0.3 is 0 Å². The average Bonchev–Trinajstić information content (AvgIpc) is 2.53. The van der Waals surface area contributed by atoms with Crippen LogP contribution in [0.5, 0.6) is 11.5 Å². The van der Waals surface area contributed by atoms with E-state index in [1.807, 2.05) is 36.2 Å². The highest BCUT2D eigenvalue weighted by molar-refractivity contribution is 5.82. The van der Waals surface area contributed by atoms with E-state index >= 15 is 0 Å². The minimum atomic E-state index is -0.586. The highest BCUT2D eigenvalue weighted by atomic mass is 16.6. The second-order valence-electron chi connectivity index (χ2n) is 5.55. The molecule has 21 heavy (non-hydrogen) atoms. The Morgan fingerprint density at radius 3 is 2.86 bits per heavy atom. The van der Waals surface area contributed by atoms with Crippen LogP contribution in [-0.4, -0.2) is 67.7 Å². The van der Waals surface area contributed by atoms with E-state index in [2.05, 4.69) is 4.90 Å². The van der Waals surface area contributed by atoms with Gasteiger partial charge in [0.2, 0.25) is 6.10 Å². The summed E-state index contributed by atoms with van der Waals surface area (Å²) >= 11 is 0. The molecule has 1 aromatic rings. The van der Waals surface area contributed by atoms with Gasteiger partial charge in [-0.25, -0.2) is 0 Å².